The second-order valence-electron chi connectivity index (χ2n) is 5.87. The monoisotopic (exact) mass is 310 g/mol. The molecule has 0 atom stereocenters. The van der Waals surface area contributed by atoms with Crippen molar-refractivity contribution in [3.8, 4) is 11.8 Å². The predicted octanol–water partition coefficient (Wildman–Crippen LogP) is 4.62. The highest BCUT2D eigenvalue weighted by Gasteiger charge is 2.18. The lowest BCUT2D eigenvalue weighted by molar-refractivity contribution is 0.897. The van der Waals surface area contributed by atoms with Gasteiger partial charge in [0.1, 0.15) is 0 Å². The third-order valence-electron chi connectivity index (χ3n) is 4.24. The number of hydrogen-bond acceptors (Lipinski definition) is 0. The molecule has 3 aromatic rings. The maximum absolute atomic E-state index is 3.34. The van der Waals surface area contributed by atoms with E-state index in [2.05, 4.69) is 70.4 Å². The van der Waals surface area contributed by atoms with Crippen molar-refractivity contribution in [2.75, 3.05) is 0 Å². The van der Waals surface area contributed by atoms with Gasteiger partial charge in [0.15, 0.2) is 0 Å². The van der Waals surface area contributed by atoms with Crippen molar-refractivity contribution in [2.45, 2.75) is 5.92 Å². The van der Waals surface area contributed by atoms with Gasteiger partial charge in [0.2, 0.25) is 0 Å². The molecule has 0 saturated heterocycles. The van der Waals surface area contributed by atoms with E-state index in [9.17, 15) is 0 Å². The van der Waals surface area contributed by atoms with Crippen molar-refractivity contribution in [1.82, 2.24) is 9.97 Å². The van der Waals surface area contributed by atoms with Gasteiger partial charge in [-0.25, -0.2) is 0 Å². The third-order valence-corrected chi connectivity index (χ3v) is 4.24. The Balaban J connectivity index is 1.62. The minimum Gasteiger partial charge on any atom is -0.364 e. The number of aromatic nitrogens is 2. The van der Waals surface area contributed by atoms with E-state index in [0.29, 0.717) is 0 Å². The zero-order valence-corrected chi connectivity index (χ0v) is 13.2. The van der Waals surface area contributed by atoms with Gasteiger partial charge in [0, 0.05) is 29.3 Å². The molecule has 4 rings (SSSR count). The summed E-state index contributed by atoms with van der Waals surface area (Å²) < 4.78 is 0. The summed E-state index contributed by atoms with van der Waals surface area (Å²) in [6, 6.07) is 16.8. The molecule has 0 unspecified atom stereocenters. The summed E-state index contributed by atoms with van der Waals surface area (Å²) in [6.45, 7) is 0. The Morgan fingerprint density at radius 1 is 0.792 bits per heavy atom. The number of hydrogen-bond donors (Lipinski definition) is 2. The van der Waals surface area contributed by atoms with Crippen molar-refractivity contribution >= 4 is 0 Å². The third kappa shape index (κ3) is 2.98. The molecule has 1 aromatic carbocycles. The molecule has 0 aliphatic heterocycles. The molecule has 2 heteroatoms. The van der Waals surface area contributed by atoms with Gasteiger partial charge in [-0.05, 0) is 42.0 Å². The first-order valence-electron chi connectivity index (χ1n) is 8.13. The molecular formula is C22H18N2. The van der Waals surface area contributed by atoms with Crippen LogP contribution in [-0.2, 0) is 0 Å². The van der Waals surface area contributed by atoms with Gasteiger partial charge >= 0.3 is 0 Å². The van der Waals surface area contributed by atoms with Crippen LogP contribution >= 0.6 is 0 Å². The van der Waals surface area contributed by atoms with Crippen molar-refractivity contribution in [2.24, 2.45) is 5.92 Å². The maximum atomic E-state index is 3.34. The summed E-state index contributed by atoms with van der Waals surface area (Å²) in [5.74, 6) is 6.94. The van der Waals surface area contributed by atoms with E-state index in [4.69, 9.17) is 0 Å². The first-order chi connectivity index (χ1) is 11.9. The van der Waals surface area contributed by atoms with Crippen LogP contribution in [0.2, 0.25) is 0 Å². The molecule has 0 radical (unpaired) electrons. The number of allylic oxidation sites excluding steroid dienone is 4. The summed E-state index contributed by atoms with van der Waals surface area (Å²) in [5.41, 5.74) is 4.64. The van der Waals surface area contributed by atoms with Crippen LogP contribution in [0.25, 0.3) is 0 Å². The average Bonchev–Trinajstić information content (AvgIpc) is 3.38. The fraction of sp³-hybridized carbons (Fsp3) is 0.0909. The SMILES string of the molecule is C(#CC1C=CC=C1)c1ccc(C(c2ccc[nH]2)c2ccc[nH]2)cc1. The van der Waals surface area contributed by atoms with E-state index in [-0.39, 0.29) is 11.8 Å². The highest BCUT2D eigenvalue weighted by molar-refractivity contribution is 5.43. The molecule has 2 heterocycles. The lowest BCUT2D eigenvalue weighted by Crippen LogP contribution is -2.04. The van der Waals surface area contributed by atoms with Crippen LogP contribution in [0.3, 0.4) is 0 Å². The Morgan fingerprint density at radius 3 is 1.96 bits per heavy atom. The number of aromatic amines is 2. The smallest absolute Gasteiger partial charge is 0.0641 e. The summed E-state index contributed by atoms with van der Waals surface area (Å²) in [6.07, 6.45) is 12.2. The van der Waals surface area contributed by atoms with E-state index in [1.165, 1.54) is 17.0 Å². The summed E-state index contributed by atoms with van der Waals surface area (Å²) >= 11 is 0. The quantitative estimate of drug-likeness (QED) is 0.662. The van der Waals surface area contributed by atoms with Crippen molar-refractivity contribution < 1.29 is 0 Å². The Morgan fingerprint density at radius 2 is 1.42 bits per heavy atom. The number of benzene rings is 1. The lowest BCUT2D eigenvalue weighted by atomic mass is 9.92. The van der Waals surface area contributed by atoms with Crippen LogP contribution in [0.5, 0.6) is 0 Å². The van der Waals surface area contributed by atoms with Crippen LogP contribution < -0.4 is 0 Å². The maximum Gasteiger partial charge on any atom is 0.0641 e. The minimum absolute atomic E-state index is 0.178. The van der Waals surface area contributed by atoms with Gasteiger partial charge < -0.3 is 9.97 Å². The van der Waals surface area contributed by atoms with E-state index in [1.807, 2.05) is 36.7 Å². The highest BCUT2D eigenvalue weighted by atomic mass is 14.7. The van der Waals surface area contributed by atoms with Crippen LogP contribution in [0, 0.1) is 17.8 Å². The number of rotatable bonds is 3. The molecule has 2 nitrogen and oxygen atoms in total. The molecule has 1 aliphatic carbocycles. The fourth-order valence-electron chi connectivity index (χ4n) is 3.03. The van der Waals surface area contributed by atoms with Crippen LogP contribution in [-0.4, -0.2) is 9.97 Å². The van der Waals surface area contributed by atoms with Crippen molar-refractivity contribution in [3.63, 3.8) is 0 Å². The van der Waals surface area contributed by atoms with Crippen molar-refractivity contribution in [1.29, 1.82) is 0 Å². The van der Waals surface area contributed by atoms with Gasteiger partial charge in [-0.15, -0.1) is 0 Å². The van der Waals surface area contributed by atoms with Gasteiger partial charge in [-0.3, -0.25) is 0 Å². The van der Waals surface area contributed by atoms with Crippen LogP contribution in [0.1, 0.15) is 28.4 Å². The summed E-state index contributed by atoms with van der Waals surface area (Å²) in [7, 11) is 0. The molecule has 0 fully saturated rings. The molecule has 116 valence electrons. The minimum atomic E-state index is 0.178. The summed E-state index contributed by atoms with van der Waals surface area (Å²) in [5, 5.41) is 0. The van der Waals surface area contributed by atoms with E-state index < -0.39 is 0 Å². The van der Waals surface area contributed by atoms with E-state index in [1.54, 1.807) is 0 Å². The Labute approximate surface area is 141 Å². The second kappa shape index (κ2) is 6.52. The molecular weight excluding hydrogens is 292 g/mol. The van der Waals surface area contributed by atoms with Gasteiger partial charge in [-0.2, -0.15) is 0 Å². The van der Waals surface area contributed by atoms with E-state index >= 15 is 0 Å². The average molecular weight is 310 g/mol. The Bertz CT molecular complexity index is 853. The molecule has 24 heavy (non-hydrogen) atoms. The van der Waals surface area contributed by atoms with Gasteiger partial charge in [-0.1, -0.05) is 48.3 Å². The van der Waals surface area contributed by atoms with Crippen molar-refractivity contribution in [3.05, 3.63) is 108 Å². The normalized spacial score (nSPS) is 13.4. The zero-order valence-electron chi connectivity index (χ0n) is 13.2. The molecule has 2 N–H and O–H groups in total. The highest BCUT2D eigenvalue weighted by Crippen LogP contribution is 2.29. The molecule has 2 aromatic heterocycles. The first-order valence-corrected chi connectivity index (χ1v) is 8.13. The second-order valence-corrected chi connectivity index (χ2v) is 5.87. The predicted molar refractivity (Wildman–Crippen MR) is 97.6 cm³/mol. The standard InChI is InChI=1S/C22H18N2/c1-2-6-17(5-1)9-10-18-11-13-19(14-12-18)22(20-7-3-15-23-20)21-8-4-16-24-21/h1-8,11-17,22-24H. The molecule has 1 aliphatic rings. The Kier molecular flexibility index (Phi) is 3.91. The molecule has 0 amide bonds. The lowest BCUT2D eigenvalue weighted by Gasteiger charge is -2.15. The number of H-pyrrole nitrogens is 2. The topological polar surface area (TPSA) is 31.6 Å². The zero-order chi connectivity index (χ0) is 16.2. The molecule has 0 saturated carbocycles. The molecule has 0 bridgehead atoms. The number of nitrogens with one attached hydrogen (secondary N) is 2. The Hall–Kier alpha value is -3.18. The first kappa shape index (κ1) is 14.4. The fourth-order valence-corrected chi connectivity index (χ4v) is 3.03. The van der Waals surface area contributed by atoms with Gasteiger partial charge in [0.25, 0.3) is 0 Å². The van der Waals surface area contributed by atoms with E-state index in [0.717, 1.165) is 5.56 Å². The molecule has 0 spiro atoms. The van der Waals surface area contributed by atoms with Crippen LogP contribution in [0.15, 0.2) is 85.2 Å². The van der Waals surface area contributed by atoms with Crippen LogP contribution in [0.4, 0.5) is 0 Å². The largest absolute Gasteiger partial charge is 0.364 e. The summed E-state index contributed by atoms with van der Waals surface area (Å²) in [4.78, 5) is 6.68. The van der Waals surface area contributed by atoms with Gasteiger partial charge in [0.05, 0.1) is 11.8 Å².